The second-order valence-electron chi connectivity index (χ2n) is 4.16. The maximum Gasteiger partial charge on any atom is 0.179 e. The van der Waals surface area contributed by atoms with Gasteiger partial charge in [-0.05, 0) is 30.1 Å². The van der Waals surface area contributed by atoms with Crippen LogP contribution in [0.3, 0.4) is 0 Å². The van der Waals surface area contributed by atoms with E-state index >= 15 is 0 Å². The summed E-state index contributed by atoms with van der Waals surface area (Å²) in [7, 11) is 1.60. The third-order valence-corrected chi connectivity index (χ3v) is 3.51. The van der Waals surface area contributed by atoms with Crippen molar-refractivity contribution in [3.8, 4) is 0 Å². The molecular formula is C14H15ClO2. The first-order valence-electron chi connectivity index (χ1n) is 5.69. The van der Waals surface area contributed by atoms with Crippen molar-refractivity contribution in [1.82, 2.24) is 0 Å². The Balaban J connectivity index is 2.19. The molecule has 1 aliphatic rings. The van der Waals surface area contributed by atoms with Gasteiger partial charge in [0.1, 0.15) is 5.38 Å². The van der Waals surface area contributed by atoms with Gasteiger partial charge in [-0.15, -0.1) is 11.6 Å². The molecule has 2 nitrogen and oxygen atoms in total. The number of hydrogen-bond acceptors (Lipinski definition) is 2. The maximum absolute atomic E-state index is 12.0. The molecule has 0 spiro atoms. The van der Waals surface area contributed by atoms with Crippen LogP contribution in [0.2, 0.25) is 0 Å². The molecule has 0 radical (unpaired) electrons. The summed E-state index contributed by atoms with van der Waals surface area (Å²) in [4.78, 5) is 12.0. The molecule has 1 fully saturated rings. The van der Waals surface area contributed by atoms with Gasteiger partial charge in [0.25, 0.3) is 0 Å². The largest absolute Gasteiger partial charge is 0.379 e. The smallest absolute Gasteiger partial charge is 0.179 e. The second kappa shape index (κ2) is 5.48. The number of hydrogen-bond donors (Lipinski definition) is 0. The molecule has 1 aliphatic carbocycles. The molecule has 17 heavy (non-hydrogen) atoms. The van der Waals surface area contributed by atoms with Crippen molar-refractivity contribution in [2.45, 2.75) is 24.3 Å². The van der Waals surface area contributed by atoms with E-state index in [-0.39, 0.29) is 11.9 Å². The van der Waals surface area contributed by atoms with E-state index in [1.54, 1.807) is 7.11 Å². The standard InChI is InChI=1S/C14H15ClO2/c1-17-12-8-7-11(14(16)13(12)15)9-10-5-3-2-4-6-10/h2-6,9,12-13H,7-8H2,1H3. The molecule has 1 saturated carbocycles. The minimum Gasteiger partial charge on any atom is -0.379 e. The van der Waals surface area contributed by atoms with Gasteiger partial charge in [-0.1, -0.05) is 30.3 Å². The lowest BCUT2D eigenvalue weighted by molar-refractivity contribution is -0.118. The van der Waals surface area contributed by atoms with Crippen LogP contribution in [0.1, 0.15) is 18.4 Å². The number of rotatable bonds is 2. The number of benzene rings is 1. The van der Waals surface area contributed by atoms with E-state index in [0.717, 1.165) is 24.0 Å². The molecule has 0 heterocycles. The first-order chi connectivity index (χ1) is 8.22. The van der Waals surface area contributed by atoms with Gasteiger partial charge in [0, 0.05) is 7.11 Å². The molecule has 3 heteroatoms. The zero-order valence-corrected chi connectivity index (χ0v) is 10.5. The number of carbonyl (C=O) groups is 1. The Morgan fingerprint density at radius 3 is 2.71 bits per heavy atom. The van der Waals surface area contributed by atoms with Crippen molar-refractivity contribution >= 4 is 23.5 Å². The molecule has 2 rings (SSSR count). The number of methoxy groups -OCH3 is 1. The van der Waals surface area contributed by atoms with Gasteiger partial charge in [-0.3, -0.25) is 4.79 Å². The van der Waals surface area contributed by atoms with Gasteiger partial charge >= 0.3 is 0 Å². The van der Waals surface area contributed by atoms with Crippen molar-refractivity contribution in [1.29, 1.82) is 0 Å². The molecule has 90 valence electrons. The minimum atomic E-state index is -0.552. The van der Waals surface area contributed by atoms with E-state index in [4.69, 9.17) is 16.3 Å². The third-order valence-electron chi connectivity index (χ3n) is 3.03. The van der Waals surface area contributed by atoms with E-state index in [2.05, 4.69) is 0 Å². The van der Waals surface area contributed by atoms with Gasteiger partial charge < -0.3 is 4.74 Å². The fraction of sp³-hybridized carbons (Fsp3) is 0.357. The molecule has 0 saturated heterocycles. The topological polar surface area (TPSA) is 26.3 Å². The van der Waals surface area contributed by atoms with Crippen molar-refractivity contribution in [2.24, 2.45) is 0 Å². The fourth-order valence-corrected chi connectivity index (χ4v) is 2.41. The van der Waals surface area contributed by atoms with Crippen LogP contribution >= 0.6 is 11.6 Å². The highest BCUT2D eigenvalue weighted by Crippen LogP contribution is 2.27. The number of alkyl halides is 1. The Morgan fingerprint density at radius 1 is 1.35 bits per heavy atom. The Morgan fingerprint density at radius 2 is 2.06 bits per heavy atom. The summed E-state index contributed by atoms with van der Waals surface area (Å²) in [5.41, 5.74) is 1.83. The summed E-state index contributed by atoms with van der Waals surface area (Å²) in [6.45, 7) is 0. The first kappa shape index (κ1) is 12.3. The van der Waals surface area contributed by atoms with Crippen molar-refractivity contribution in [2.75, 3.05) is 7.11 Å². The average Bonchev–Trinajstić information content (AvgIpc) is 2.37. The van der Waals surface area contributed by atoms with Gasteiger partial charge in [-0.25, -0.2) is 0 Å². The lowest BCUT2D eigenvalue weighted by atomic mass is 9.89. The van der Waals surface area contributed by atoms with Crippen LogP contribution in [0.4, 0.5) is 0 Å². The highest BCUT2D eigenvalue weighted by atomic mass is 35.5. The number of Topliss-reactive ketones (excluding diaryl/α,β-unsaturated/α-hetero) is 1. The quantitative estimate of drug-likeness (QED) is 0.596. The molecule has 0 aliphatic heterocycles. The summed E-state index contributed by atoms with van der Waals surface area (Å²) < 4.78 is 5.19. The number of carbonyl (C=O) groups excluding carboxylic acids is 1. The zero-order valence-electron chi connectivity index (χ0n) is 9.73. The van der Waals surface area contributed by atoms with Gasteiger partial charge in [0.15, 0.2) is 5.78 Å². The van der Waals surface area contributed by atoms with Gasteiger partial charge in [-0.2, -0.15) is 0 Å². The van der Waals surface area contributed by atoms with Crippen LogP contribution < -0.4 is 0 Å². The van der Waals surface area contributed by atoms with Crippen molar-refractivity contribution < 1.29 is 9.53 Å². The zero-order chi connectivity index (χ0) is 12.3. The summed E-state index contributed by atoms with van der Waals surface area (Å²) in [6.07, 6.45) is 3.30. The second-order valence-corrected chi connectivity index (χ2v) is 4.63. The summed E-state index contributed by atoms with van der Waals surface area (Å²) in [5, 5.41) is -0.552. The monoisotopic (exact) mass is 250 g/mol. The molecule has 0 N–H and O–H groups in total. The Hall–Kier alpha value is -1.12. The molecule has 2 unspecified atom stereocenters. The average molecular weight is 251 g/mol. The van der Waals surface area contributed by atoms with Gasteiger partial charge in [0.05, 0.1) is 6.10 Å². The van der Waals surface area contributed by atoms with Gasteiger partial charge in [0.2, 0.25) is 0 Å². The van der Waals surface area contributed by atoms with Crippen LogP contribution in [-0.2, 0) is 9.53 Å². The Bertz CT molecular complexity index is 425. The molecule has 0 aromatic heterocycles. The minimum absolute atomic E-state index is 0.00591. The normalized spacial score (nSPS) is 27.4. The fourth-order valence-electron chi connectivity index (χ4n) is 2.04. The van der Waals surface area contributed by atoms with E-state index in [9.17, 15) is 4.79 Å². The van der Waals surface area contributed by atoms with E-state index in [0.29, 0.717) is 0 Å². The molecule has 2 atom stereocenters. The molecule has 0 amide bonds. The van der Waals surface area contributed by atoms with Crippen LogP contribution in [0.15, 0.2) is 35.9 Å². The Kier molecular flexibility index (Phi) is 3.97. The van der Waals surface area contributed by atoms with Crippen molar-refractivity contribution in [3.63, 3.8) is 0 Å². The number of halogens is 1. The first-order valence-corrected chi connectivity index (χ1v) is 6.12. The predicted octanol–water partition coefficient (Wildman–Crippen LogP) is 3.06. The van der Waals surface area contributed by atoms with Crippen LogP contribution in [-0.4, -0.2) is 24.4 Å². The lowest BCUT2D eigenvalue weighted by Crippen LogP contribution is -2.36. The van der Waals surface area contributed by atoms with E-state index in [1.807, 2.05) is 36.4 Å². The summed E-state index contributed by atoms with van der Waals surface area (Å²) in [6, 6.07) is 9.82. The number of ether oxygens (including phenoxy) is 1. The van der Waals surface area contributed by atoms with Crippen LogP contribution in [0.5, 0.6) is 0 Å². The Labute approximate surface area is 106 Å². The van der Waals surface area contributed by atoms with Crippen LogP contribution in [0, 0.1) is 0 Å². The van der Waals surface area contributed by atoms with E-state index in [1.165, 1.54) is 0 Å². The molecule has 1 aromatic rings. The lowest BCUT2D eigenvalue weighted by Gasteiger charge is -2.26. The molecule has 1 aromatic carbocycles. The van der Waals surface area contributed by atoms with E-state index < -0.39 is 5.38 Å². The summed E-state index contributed by atoms with van der Waals surface area (Å²) in [5.74, 6) is -0.00591. The van der Waals surface area contributed by atoms with Crippen molar-refractivity contribution in [3.05, 3.63) is 41.5 Å². The van der Waals surface area contributed by atoms with Crippen LogP contribution in [0.25, 0.3) is 6.08 Å². The number of ketones is 1. The molecular weight excluding hydrogens is 236 g/mol. The predicted molar refractivity (Wildman–Crippen MR) is 69.1 cm³/mol. The SMILES string of the molecule is COC1CCC(=Cc2ccccc2)C(=O)C1Cl. The third kappa shape index (κ3) is 2.76. The highest BCUT2D eigenvalue weighted by Gasteiger charge is 2.33. The molecule has 0 bridgehead atoms. The number of allylic oxidation sites excluding steroid dienone is 1. The maximum atomic E-state index is 12.0. The summed E-state index contributed by atoms with van der Waals surface area (Å²) >= 11 is 6.08. The highest BCUT2D eigenvalue weighted by molar-refractivity contribution is 6.35.